The van der Waals surface area contributed by atoms with Crippen LogP contribution in [0, 0.1) is 0 Å². The zero-order valence-electron chi connectivity index (χ0n) is 10.1. The summed E-state index contributed by atoms with van der Waals surface area (Å²) in [5, 5.41) is 10.1. The minimum absolute atomic E-state index is 0.410. The van der Waals surface area contributed by atoms with Gasteiger partial charge in [0.25, 0.3) is 0 Å². The van der Waals surface area contributed by atoms with E-state index in [9.17, 15) is 5.11 Å². The van der Waals surface area contributed by atoms with Crippen LogP contribution in [0.5, 0.6) is 5.88 Å². The van der Waals surface area contributed by atoms with E-state index in [2.05, 4.69) is 9.97 Å². The number of pyridine rings is 2. The molecule has 0 aliphatic carbocycles. The number of ether oxygens (including phenoxy) is 1. The first-order valence-electron chi connectivity index (χ1n) is 5.57. The maximum absolute atomic E-state index is 10.1. The minimum Gasteiger partial charge on any atom is -0.481 e. The summed E-state index contributed by atoms with van der Waals surface area (Å²) >= 11 is 0. The molecular weight excluding hydrogens is 230 g/mol. The van der Waals surface area contributed by atoms with Gasteiger partial charge in [0.2, 0.25) is 5.88 Å². The summed E-state index contributed by atoms with van der Waals surface area (Å²) in [6, 6.07) is 5.21. The summed E-state index contributed by atoms with van der Waals surface area (Å²) in [5.74, 6) is 0.520. The van der Waals surface area contributed by atoms with Crippen molar-refractivity contribution in [3.8, 4) is 5.88 Å². The lowest BCUT2D eigenvalue weighted by molar-refractivity contribution is 0.178. The van der Waals surface area contributed by atoms with Gasteiger partial charge in [-0.05, 0) is 23.3 Å². The van der Waals surface area contributed by atoms with E-state index in [0.717, 1.165) is 11.1 Å². The van der Waals surface area contributed by atoms with Crippen LogP contribution in [-0.2, 0) is 6.42 Å². The van der Waals surface area contributed by atoms with E-state index in [1.54, 1.807) is 43.9 Å². The van der Waals surface area contributed by atoms with Crippen molar-refractivity contribution in [1.82, 2.24) is 9.97 Å². The monoisotopic (exact) mass is 245 g/mol. The predicted molar refractivity (Wildman–Crippen MR) is 68.1 cm³/mol. The van der Waals surface area contributed by atoms with Gasteiger partial charge in [0.15, 0.2) is 0 Å². The van der Waals surface area contributed by atoms with E-state index < -0.39 is 6.10 Å². The fraction of sp³-hybridized carbons (Fsp3) is 0.231. The Labute approximate surface area is 105 Å². The average Bonchev–Trinajstić information content (AvgIpc) is 2.41. The Morgan fingerprint density at radius 3 is 2.78 bits per heavy atom. The highest BCUT2D eigenvalue weighted by Gasteiger charge is 2.11. The van der Waals surface area contributed by atoms with Gasteiger partial charge < -0.3 is 15.6 Å². The van der Waals surface area contributed by atoms with Crippen LogP contribution in [0.15, 0.2) is 36.8 Å². The van der Waals surface area contributed by atoms with E-state index >= 15 is 0 Å². The van der Waals surface area contributed by atoms with Gasteiger partial charge in [-0.25, -0.2) is 4.98 Å². The average molecular weight is 245 g/mol. The number of hydrogen-bond acceptors (Lipinski definition) is 5. The fourth-order valence-corrected chi connectivity index (χ4v) is 1.64. The van der Waals surface area contributed by atoms with Crippen molar-refractivity contribution in [2.75, 3.05) is 12.8 Å². The number of hydrogen-bond donors (Lipinski definition) is 2. The molecule has 0 amide bonds. The summed E-state index contributed by atoms with van der Waals surface area (Å²) in [5.41, 5.74) is 7.98. The van der Waals surface area contributed by atoms with E-state index in [-0.39, 0.29) is 0 Å². The van der Waals surface area contributed by atoms with Crippen LogP contribution >= 0.6 is 0 Å². The van der Waals surface area contributed by atoms with Crippen molar-refractivity contribution >= 4 is 5.69 Å². The molecule has 0 saturated carbocycles. The van der Waals surface area contributed by atoms with Crippen molar-refractivity contribution in [2.45, 2.75) is 12.5 Å². The van der Waals surface area contributed by atoms with Gasteiger partial charge in [0.05, 0.1) is 13.2 Å². The van der Waals surface area contributed by atoms with Gasteiger partial charge in [-0.1, -0.05) is 0 Å². The molecule has 94 valence electrons. The van der Waals surface area contributed by atoms with Crippen LogP contribution in [0.1, 0.15) is 17.2 Å². The second-order valence-electron chi connectivity index (χ2n) is 3.93. The molecule has 2 rings (SSSR count). The number of aliphatic hydroxyl groups is 1. The predicted octanol–water partition coefficient (Wildman–Crippen LogP) is 1.34. The van der Waals surface area contributed by atoms with Gasteiger partial charge in [-0.2, -0.15) is 0 Å². The Kier molecular flexibility index (Phi) is 3.74. The van der Waals surface area contributed by atoms with Gasteiger partial charge in [0, 0.05) is 36.8 Å². The molecule has 0 spiro atoms. The van der Waals surface area contributed by atoms with Crippen LogP contribution in [0.4, 0.5) is 5.69 Å². The zero-order valence-corrected chi connectivity index (χ0v) is 10.1. The lowest BCUT2D eigenvalue weighted by Crippen LogP contribution is -2.05. The van der Waals surface area contributed by atoms with Gasteiger partial charge >= 0.3 is 0 Å². The van der Waals surface area contributed by atoms with Gasteiger partial charge in [0.1, 0.15) is 0 Å². The lowest BCUT2D eigenvalue weighted by atomic mass is 10.0. The quantitative estimate of drug-likeness (QED) is 0.849. The molecule has 3 N–H and O–H groups in total. The van der Waals surface area contributed by atoms with E-state index in [1.807, 2.05) is 0 Å². The fourth-order valence-electron chi connectivity index (χ4n) is 1.64. The summed E-state index contributed by atoms with van der Waals surface area (Å²) in [6.07, 6.45) is 4.63. The third-order valence-electron chi connectivity index (χ3n) is 2.71. The van der Waals surface area contributed by atoms with Crippen LogP contribution in [0.25, 0.3) is 0 Å². The molecule has 1 atom stereocenters. The first-order chi connectivity index (χ1) is 8.70. The Morgan fingerprint density at radius 2 is 2.17 bits per heavy atom. The molecule has 0 aliphatic rings. The molecule has 5 heteroatoms. The number of methoxy groups -OCH3 is 1. The molecule has 2 aromatic heterocycles. The molecule has 0 saturated heterocycles. The lowest BCUT2D eigenvalue weighted by Gasteiger charge is -2.12. The molecule has 18 heavy (non-hydrogen) atoms. The van der Waals surface area contributed by atoms with Crippen molar-refractivity contribution in [3.05, 3.63) is 47.9 Å². The molecule has 0 fully saturated rings. The first-order valence-corrected chi connectivity index (χ1v) is 5.57. The number of nitrogens with zero attached hydrogens (tertiary/aromatic N) is 2. The second-order valence-corrected chi connectivity index (χ2v) is 3.93. The zero-order chi connectivity index (χ0) is 13.0. The summed E-state index contributed by atoms with van der Waals surface area (Å²) in [6.45, 7) is 0. The number of rotatable bonds is 4. The van der Waals surface area contributed by atoms with Gasteiger partial charge in [-0.15, -0.1) is 0 Å². The maximum Gasteiger partial charge on any atom is 0.212 e. The molecule has 0 aromatic carbocycles. The van der Waals surface area contributed by atoms with Crippen LogP contribution in [0.2, 0.25) is 0 Å². The number of anilines is 1. The number of aliphatic hydroxyl groups excluding tert-OH is 1. The second kappa shape index (κ2) is 5.46. The van der Waals surface area contributed by atoms with Crippen LogP contribution in [-0.4, -0.2) is 22.2 Å². The topological polar surface area (TPSA) is 81.3 Å². The Balaban J connectivity index is 2.11. The van der Waals surface area contributed by atoms with E-state index in [1.165, 1.54) is 0 Å². The highest BCUT2D eigenvalue weighted by atomic mass is 16.5. The third-order valence-corrected chi connectivity index (χ3v) is 2.71. The highest BCUT2D eigenvalue weighted by Crippen LogP contribution is 2.21. The molecule has 0 aliphatic heterocycles. The SMILES string of the molecule is COc1ccc(C(O)Cc2cnccc2N)cn1. The molecule has 2 aromatic rings. The Hall–Kier alpha value is -2.14. The van der Waals surface area contributed by atoms with Crippen molar-refractivity contribution in [1.29, 1.82) is 0 Å². The van der Waals surface area contributed by atoms with E-state index in [0.29, 0.717) is 18.0 Å². The van der Waals surface area contributed by atoms with Crippen molar-refractivity contribution < 1.29 is 9.84 Å². The highest BCUT2D eigenvalue weighted by molar-refractivity contribution is 5.45. The molecule has 5 nitrogen and oxygen atoms in total. The van der Waals surface area contributed by atoms with Crippen LogP contribution < -0.4 is 10.5 Å². The maximum atomic E-state index is 10.1. The number of aromatic nitrogens is 2. The van der Waals surface area contributed by atoms with Crippen molar-refractivity contribution in [3.63, 3.8) is 0 Å². The number of nitrogen functional groups attached to an aromatic ring is 1. The summed E-state index contributed by atoms with van der Waals surface area (Å²) in [7, 11) is 1.55. The third kappa shape index (κ3) is 2.75. The first kappa shape index (κ1) is 12.3. The Bertz CT molecular complexity index is 514. The van der Waals surface area contributed by atoms with Crippen LogP contribution in [0.3, 0.4) is 0 Å². The normalized spacial score (nSPS) is 12.1. The standard InChI is InChI=1S/C13H15N3O2/c1-18-13-3-2-9(8-16-13)12(17)6-10-7-15-5-4-11(10)14/h2-5,7-8,12,17H,6H2,1H3,(H2,14,15). The minimum atomic E-state index is -0.657. The molecule has 0 bridgehead atoms. The molecule has 0 radical (unpaired) electrons. The van der Waals surface area contributed by atoms with Crippen molar-refractivity contribution in [2.24, 2.45) is 0 Å². The summed E-state index contributed by atoms with van der Waals surface area (Å²) < 4.78 is 4.96. The Morgan fingerprint density at radius 1 is 1.33 bits per heavy atom. The largest absolute Gasteiger partial charge is 0.481 e. The molecule has 1 unspecified atom stereocenters. The number of nitrogens with two attached hydrogens (primary N) is 1. The smallest absolute Gasteiger partial charge is 0.212 e. The van der Waals surface area contributed by atoms with Gasteiger partial charge in [-0.3, -0.25) is 4.98 Å². The molecular formula is C13H15N3O2. The molecule has 2 heterocycles. The van der Waals surface area contributed by atoms with E-state index in [4.69, 9.17) is 10.5 Å². The summed E-state index contributed by atoms with van der Waals surface area (Å²) in [4.78, 5) is 8.05.